The van der Waals surface area contributed by atoms with Crippen molar-refractivity contribution < 1.29 is 22.9 Å². The number of anilines is 1. The molecule has 1 atom stereocenters. The molecular formula is C19H18N4O6S2. The molecule has 0 bridgehead atoms. The number of aromatic nitrogens is 1. The lowest BCUT2D eigenvalue weighted by Gasteiger charge is -2.23. The average Bonchev–Trinajstić information content (AvgIpc) is 3.40. The standard InChI is InChI=1S/C19H18N4O6S2/c1-29-13-5-7-14(8-6-13)31(27,28)22-10-2-3-16(22)18(24)21-19-20-15-11-12(23(25)26)4-9-17(15)30-19/h4-9,11,16H,2-3,10H2,1H3,(H,20,21,24). The molecule has 1 aliphatic heterocycles. The summed E-state index contributed by atoms with van der Waals surface area (Å²) in [7, 11) is -2.37. The summed E-state index contributed by atoms with van der Waals surface area (Å²) < 4.78 is 33.1. The van der Waals surface area contributed by atoms with Gasteiger partial charge in [-0.2, -0.15) is 4.31 Å². The number of sulfonamides is 1. The van der Waals surface area contributed by atoms with Crippen molar-refractivity contribution in [2.24, 2.45) is 0 Å². The van der Waals surface area contributed by atoms with Crippen molar-refractivity contribution in [3.63, 3.8) is 0 Å². The largest absolute Gasteiger partial charge is 0.497 e. The molecule has 0 radical (unpaired) electrons. The molecule has 1 fully saturated rings. The van der Waals surface area contributed by atoms with E-state index in [4.69, 9.17) is 4.74 Å². The zero-order valence-corrected chi connectivity index (χ0v) is 18.0. The van der Waals surface area contributed by atoms with Crippen LogP contribution in [0.15, 0.2) is 47.4 Å². The number of fused-ring (bicyclic) bond motifs is 1. The molecule has 1 aliphatic rings. The van der Waals surface area contributed by atoms with Crippen LogP contribution in [0.25, 0.3) is 10.2 Å². The first kappa shape index (κ1) is 21.2. The molecule has 12 heteroatoms. The van der Waals surface area contributed by atoms with Crippen LogP contribution < -0.4 is 10.1 Å². The van der Waals surface area contributed by atoms with Gasteiger partial charge in [-0.1, -0.05) is 11.3 Å². The average molecular weight is 463 g/mol. The van der Waals surface area contributed by atoms with E-state index in [0.29, 0.717) is 28.8 Å². The van der Waals surface area contributed by atoms with Gasteiger partial charge < -0.3 is 10.1 Å². The van der Waals surface area contributed by atoms with Crippen LogP contribution in [0.2, 0.25) is 0 Å². The van der Waals surface area contributed by atoms with Crippen molar-refractivity contribution in [3.8, 4) is 5.75 Å². The fourth-order valence-electron chi connectivity index (χ4n) is 3.44. The van der Waals surface area contributed by atoms with E-state index in [0.717, 1.165) is 0 Å². The minimum absolute atomic E-state index is 0.0836. The molecule has 0 saturated carbocycles. The van der Waals surface area contributed by atoms with E-state index in [1.165, 1.54) is 47.0 Å². The minimum atomic E-state index is -3.86. The summed E-state index contributed by atoms with van der Waals surface area (Å²) in [4.78, 5) is 27.6. The van der Waals surface area contributed by atoms with Gasteiger partial charge in [-0.25, -0.2) is 13.4 Å². The van der Waals surface area contributed by atoms with Crippen LogP contribution in [0.4, 0.5) is 10.8 Å². The second kappa shape index (κ2) is 8.21. The summed E-state index contributed by atoms with van der Waals surface area (Å²) in [6.45, 7) is 0.235. The van der Waals surface area contributed by atoms with E-state index in [-0.39, 0.29) is 22.3 Å². The normalized spacial score (nSPS) is 17.0. The SMILES string of the molecule is COc1ccc(S(=O)(=O)N2CCCC2C(=O)Nc2nc3cc([N+](=O)[O-])ccc3s2)cc1. The Kier molecular flexibility index (Phi) is 5.60. The highest BCUT2D eigenvalue weighted by Gasteiger charge is 2.39. The number of nitro groups is 1. The van der Waals surface area contributed by atoms with Crippen LogP contribution in [-0.4, -0.2) is 48.2 Å². The Morgan fingerprint density at radius 2 is 2.03 bits per heavy atom. The quantitative estimate of drug-likeness (QED) is 0.440. The number of ether oxygens (including phenoxy) is 1. The molecule has 162 valence electrons. The number of nitrogens with one attached hydrogen (secondary N) is 1. The zero-order valence-electron chi connectivity index (χ0n) is 16.3. The van der Waals surface area contributed by atoms with Crippen LogP contribution in [0.3, 0.4) is 0 Å². The molecular weight excluding hydrogens is 444 g/mol. The predicted molar refractivity (Wildman–Crippen MR) is 115 cm³/mol. The molecule has 31 heavy (non-hydrogen) atoms. The molecule has 2 heterocycles. The van der Waals surface area contributed by atoms with Crippen molar-refractivity contribution in [2.75, 3.05) is 19.0 Å². The molecule has 1 N–H and O–H groups in total. The molecule has 10 nitrogen and oxygen atoms in total. The number of hydrogen-bond acceptors (Lipinski definition) is 8. The highest BCUT2D eigenvalue weighted by atomic mass is 32.2. The Balaban J connectivity index is 1.55. The van der Waals surface area contributed by atoms with Gasteiger partial charge in [0.15, 0.2) is 5.13 Å². The lowest BCUT2D eigenvalue weighted by molar-refractivity contribution is -0.384. The van der Waals surface area contributed by atoms with Crippen molar-refractivity contribution in [1.29, 1.82) is 0 Å². The summed E-state index contributed by atoms with van der Waals surface area (Å²) in [5.41, 5.74) is 0.298. The van der Waals surface area contributed by atoms with E-state index in [1.54, 1.807) is 18.2 Å². The molecule has 1 saturated heterocycles. The van der Waals surface area contributed by atoms with Gasteiger partial charge in [0.2, 0.25) is 15.9 Å². The number of nitrogens with zero attached hydrogens (tertiary/aromatic N) is 3. The number of rotatable bonds is 6. The maximum Gasteiger partial charge on any atom is 0.271 e. The lowest BCUT2D eigenvalue weighted by Crippen LogP contribution is -2.43. The fraction of sp³-hybridized carbons (Fsp3) is 0.263. The molecule has 1 aromatic heterocycles. The van der Waals surface area contributed by atoms with Gasteiger partial charge in [0.1, 0.15) is 11.8 Å². The Morgan fingerprint density at radius 3 is 2.71 bits per heavy atom. The second-order valence-electron chi connectivity index (χ2n) is 6.87. The molecule has 3 aromatic rings. The van der Waals surface area contributed by atoms with Crippen LogP contribution in [0, 0.1) is 10.1 Å². The third kappa shape index (κ3) is 4.09. The van der Waals surface area contributed by atoms with Gasteiger partial charge in [0.25, 0.3) is 5.69 Å². The number of methoxy groups -OCH3 is 1. The molecule has 2 aromatic carbocycles. The van der Waals surface area contributed by atoms with Crippen LogP contribution in [0.5, 0.6) is 5.75 Å². The number of carbonyl (C=O) groups excluding carboxylic acids is 1. The summed E-state index contributed by atoms with van der Waals surface area (Å²) in [6.07, 6.45) is 0.942. The molecule has 0 spiro atoms. The van der Waals surface area contributed by atoms with Crippen LogP contribution in [0.1, 0.15) is 12.8 Å². The molecule has 4 rings (SSSR count). The second-order valence-corrected chi connectivity index (χ2v) is 9.79. The highest BCUT2D eigenvalue weighted by Crippen LogP contribution is 2.31. The molecule has 1 amide bonds. The van der Waals surface area contributed by atoms with Gasteiger partial charge in [-0.15, -0.1) is 0 Å². The van der Waals surface area contributed by atoms with Crippen LogP contribution >= 0.6 is 11.3 Å². The Labute approximate surface area is 181 Å². The van der Waals surface area contributed by atoms with E-state index < -0.39 is 26.9 Å². The summed E-state index contributed by atoms with van der Waals surface area (Å²) in [6, 6.07) is 9.40. The summed E-state index contributed by atoms with van der Waals surface area (Å²) >= 11 is 1.17. The summed E-state index contributed by atoms with van der Waals surface area (Å²) in [5.74, 6) is 0.0499. The number of non-ortho nitro benzene ring substituents is 1. The maximum absolute atomic E-state index is 13.1. The smallest absolute Gasteiger partial charge is 0.271 e. The third-order valence-electron chi connectivity index (χ3n) is 4.98. The third-order valence-corrected chi connectivity index (χ3v) is 7.86. The van der Waals surface area contributed by atoms with E-state index in [2.05, 4.69) is 10.3 Å². The van der Waals surface area contributed by atoms with E-state index in [1.807, 2.05) is 0 Å². The Bertz CT molecular complexity index is 1260. The number of carbonyl (C=O) groups is 1. The first-order valence-corrected chi connectivity index (χ1v) is 11.6. The van der Waals surface area contributed by atoms with Crippen molar-refractivity contribution >= 4 is 48.3 Å². The fourth-order valence-corrected chi connectivity index (χ4v) is 5.95. The first-order valence-electron chi connectivity index (χ1n) is 9.31. The van der Waals surface area contributed by atoms with E-state index >= 15 is 0 Å². The number of thiazole rings is 1. The number of benzene rings is 2. The monoisotopic (exact) mass is 462 g/mol. The lowest BCUT2D eigenvalue weighted by atomic mass is 10.2. The number of hydrogen-bond donors (Lipinski definition) is 1. The zero-order chi connectivity index (χ0) is 22.2. The summed E-state index contributed by atoms with van der Waals surface area (Å²) in [5, 5.41) is 13.9. The van der Waals surface area contributed by atoms with Crippen LogP contribution in [-0.2, 0) is 14.8 Å². The first-order chi connectivity index (χ1) is 14.8. The van der Waals surface area contributed by atoms with Gasteiger partial charge >= 0.3 is 0 Å². The Morgan fingerprint density at radius 1 is 1.29 bits per heavy atom. The van der Waals surface area contributed by atoms with Gasteiger partial charge in [-0.05, 0) is 43.2 Å². The van der Waals surface area contributed by atoms with E-state index in [9.17, 15) is 23.3 Å². The number of amides is 1. The highest BCUT2D eigenvalue weighted by molar-refractivity contribution is 7.89. The van der Waals surface area contributed by atoms with Gasteiger partial charge in [0.05, 0.1) is 27.1 Å². The number of nitro benzene ring substituents is 1. The minimum Gasteiger partial charge on any atom is -0.497 e. The predicted octanol–water partition coefficient (Wildman–Crippen LogP) is 3.00. The molecule has 0 aliphatic carbocycles. The topological polar surface area (TPSA) is 132 Å². The van der Waals surface area contributed by atoms with Crippen molar-refractivity contribution in [1.82, 2.24) is 9.29 Å². The van der Waals surface area contributed by atoms with Gasteiger partial charge in [0, 0.05) is 18.7 Å². The Hall–Kier alpha value is -3.09. The maximum atomic E-state index is 13.1. The van der Waals surface area contributed by atoms with Crippen molar-refractivity contribution in [2.45, 2.75) is 23.8 Å². The van der Waals surface area contributed by atoms with Gasteiger partial charge in [-0.3, -0.25) is 14.9 Å². The van der Waals surface area contributed by atoms with Crippen molar-refractivity contribution in [3.05, 3.63) is 52.6 Å². The molecule has 1 unspecified atom stereocenters.